The monoisotopic (exact) mass is 321 g/mol. The Morgan fingerprint density at radius 3 is 2.17 bits per heavy atom. The topological polar surface area (TPSA) is 22.0 Å². The highest BCUT2D eigenvalue weighted by atomic mass is 32.2. The first-order valence-electron chi connectivity index (χ1n) is 7.64. The van der Waals surface area contributed by atoms with Crippen LogP contribution in [0.1, 0.15) is 16.7 Å². The minimum atomic E-state index is 0.0509. The van der Waals surface area contributed by atoms with Gasteiger partial charge in [-0.3, -0.25) is 4.79 Å². The lowest BCUT2D eigenvalue weighted by molar-refractivity contribution is 0.746. The number of aryl methyl sites for hydroxylation is 1. The van der Waals surface area contributed by atoms with E-state index < -0.39 is 0 Å². The summed E-state index contributed by atoms with van der Waals surface area (Å²) in [5.74, 6) is 0.879. The molecule has 0 N–H and O–H groups in total. The minimum Gasteiger partial charge on any atom is -0.311 e. The molecule has 1 aromatic heterocycles. The maximum Gasteiger partial charge on any atom is 0.251 e. The smallest absolute Gasteiger partial charge is 0.251 e. The molecule has 0 aliphatic rings. The van der Waals surface area contributed by atoms with Crippen LogP contribution in [0.3, 0.4) is 0 Å². The van der Waals surface area contributed by atoms with E-state index in [1.54, 1.807) is 22.4 Å². The van der Waals surface area contributed by atoms with Gasteiger partial charge in [0, 0.05) is 22.9 Å². The van der Waals surface area contributed by atoms with Gasteiger partial charge in [0.2, 0.25) is 0 Å². The molecule has 0 unspecified atom stereocenters. The van der Waals surface area contributed by atoms with Crippen molar-refractivity contribution in [1.29, 1.82) is 0 Å². The summed E-state index contributed by atoms with van der Waals surface area (Å²) >= 11 is 1.72. The van der Waals surface area contributed by atoms with Crippen LogP contribution in [0.15, 0.2) is 82.6 Å². The van der Waals surface area contributed by atoms with Crippen molar-refractivity contribution in [2.24, 2.45) is 0 Å². The summed E-state index contributed by atoms with van der Waals surface area (Å²) in [5, 5.41) is 0. The Kier molecular flexibility index (Phi) is 4.99. The van der Waals surface area contributed by atoms with Crippen molar-refractivity contribution < 1.29 is 0 Å². The molecule has 23 heavy (non-hydrogen) atoms. The fourth-order valence-corrected chi connectivity index (χ4v) is 3.44. The summed E-state index contributed by atoms with van der Waals surface area (Å²) in [6.07, 6.45) is 1.96. The number of thioether (sulfide) groups is 1. The largest absolute Gasteiger partial charge is 0.311 e. The second-order valence-electron chi connectivity index (χ2n) is 5.55. The molecule has 3 aromatic rings. The molecule has 3 heteroatoms. The van der Waals surface area contributed by atoms with Gasteiger partial charge in [-0.1, -0.05) is 60.7 Å². The molecule has 0 spiro atoms. The Labute approximate surface area is 140 Å². The van der Waals surface area contributed by atoms with Crippen LogP contribution < -0.4 is 5.56 Å². The van der Waals surface area contributed by atoms with Gasteiger partial charge in [0.15, 0.2) is 0 Å². The van der Waals surface area contributed by atoms with Crippen LogP contribution in [0.5, 0.6) is 0 Å². The SMILES string of the molecule is Cc1cn(Cc2ccccc2)c(=O)cc1SCc1ccccc1. The maximum atomic E-state index is 12.4. The van der Waals surface area contributed by atoms with E-state index >= 15 is 0 Å². The van der Waals surface area contributed by atoms with E-state index in [0.29, 0.717) is 6.54 Å². The van der Waals surface area contributed by atoms with Crippen molar-refractivity contribution in [3.05, 3.63) is 100.0 Å². The fraction of sp³-hybridized carbons (Fsp3) is 0.150. The van der Waals surface area contributed by atoms with Crippen LogP contribution in [0, 0.1) is 6.92 Å². The second kappa shape index (κ2) is 7.34. The van der Waals surface area contributed by atoms with Gasteiger partial charge in [-0.15, -0.1) is 11.8 Å². The predicted molar refractivity (Wildman–Crippen MR) is 97.0 cm³/mol. The van der Waals surface area contributed by atoms with Gasteiger partial charge < -0.3 is 4.57 Å². The molecule has 0 aliphatic heterocycles. The Bertz CT molecular complexity index is 825. The van der Waals surface area contributed by atoms with Gasteiger partial charge in [0.25, 0.3) is 5.56 Å². The fourth-order valence-electron chi connectivity index (χ4n) is 2.46. The Hall–Kier alpha value is -2.26. The summed E-state index contributed by atoms with van der Waals surface area (Å²) < 4.78 is 1.78. The third-order valence-electron chi connectivity index (χ3n) is 3.71. The molecule has 3 rings (SSSR count). The zero-order chi connectivity index (χ0) is 16.1. The third kappa shape index (κ3) is 4.14. The van der Waals surface area contributed by atoms with E-state index in [9.17, 15) is 4.79 Å². The lowest BCUT2D eigenvalue weighted by atomic mass is 10.2. The first kappa shape index (κ1) is 15.6. The lowest BCUT2D eigenvalue weighted by Crippen LogP contribution is -2.20. The molecule has 0 fully saturated rings. The highest BCUT2D eigenvalue weighted by Crippen LogP contribution is 2.24. The minimum absolute atomic E-state index is 0.0509. The molecular weight excluding hydrogens is 302 g/mol. The van der Waals surface area contributed by atoms with E-state index in [-0.39, 0.29) is 5.56 Å². The number of aromatic nitrogens is 1. The van der Waals surface area contributed by atoms with E-state index in [1.807, 2.05) is 54.7 Å². The zero-order valence-electron chi connectivity index (χ0n) is 13.1. The van der Waals surface area contributed by atoms with Crippen molar-refractivity contribution in [1.82, 2.24) is 4.57 Å². The second-order valence-corrected chi connectivity index (χ2v) is 6.56. The number of hydrogen-bond acceptors (Lipinski definition) is 2. The molecule has 2 aromatic carbocycles. The molecule has 0 saturated carbocycles. The van der Waals surface area contributed by atoms with E-state index in [2.05, 4.69) is 19.1 Å². The van der Waals surface area contributed by atoms with Crippen LogP contribution in [0.4, 0.5) is 0 Å². The third-order valence-corrected chi connectivity index (χ3v) is 4.94. The average molecular weight is 321 g/mol. The average Bonchev–Trinajstić information content (AvgIpc) is 2.58. The van der Waals surface area contributed by atoms with Crippen LogP contribution in [-0.2, 0) is 12.3 Å². The van der Waals surface area contributed by atoms with Crippen LogP contribution in [-0.4, -0.2) is 4.57 Å². The van der Waals surface area contributed by atoms with Crippen molar-refractivity contribution >= 4 is 11.8 Å². The van der Waals surface area contributed by atoms with Crippen LogP contribution in [0.25, 0.3) is 0 Å². The number of hydrogen-bond donors (Lipinski definition) is 0. The van der Waals surface area contributed by atoms with E-state index in [4.69, 9.17) is 0 Å². The van der Waals surface area contributed by atoms with Gasteiger partial charge in [0.05, 0.1) is 6.54 Å². The molecule has 0 bridgehead atoms. The molecule has 0 radical (unpaired) electrons. The summed E-state index contributed by atoms with van der Waals surface area (Å²) in [6, 6.07) is 22.1. The molecule has 0 saturated heterocycles. The van der Waals surface area contributed by atoms with Gasteiger partial charge in [-0.05, 0) is 23.6 Å². The summed E-state index contributed by atoms with van der Waals surface area (Å²) in [7, 11) is 0. The molecule has 1 heterocycles. The number of nitrogens with zero attached hydrogens (tertiary/aromatic N) is 1. The molecule has 0 aliphatic carbocycles. The number of pyridine rings is 1. The van der Waals surface area contributed by atoms with E-state index in [1.165, 1.54) is 5.56 Å². The van der Waals surface area contributed by atoms with Gasteiger partial charge >= 0.3 is 0 Å². The maximum absolute atomic E-state index is 12.4. The van der Waals surface area contributed by atoms with Gasteiger partial charge in [0.1, 0.15) is 0 Å². The van der Waals surface area contributed by atoms with Crippen molar-refractivity contribution in [2.45, 2.75) is 24.1 Å². The highest BCUT2D eigenvalue weighted by Gasteiger charge is 2.05. The number of rotatable bonds is 5. The number of benzene rings is 2. The zero-order valence-corrected chi connectivity index (χ0v) is 13.9. The Morgan fingerprint density at radius 1 is 0.913 bits per heavy atom. The highest BCUT2D eigenvalue weighted by molar-refractivity contribution is 7.98. The molecular formula is C20H19NOS. The predicted octanol–water partition coefficient (Wildman–Crippen LogP) is 4.50. The molecule has 2 nitrogen and oxygen atoms in total. The summed E-state index contributed by atoms with van der Waals surface area (Å²) in [5.41, 5.74) is 3.60. The first-order valence-corrected chi connectivity index (χ1v) is 8.63. The normalized spacial score (nSPS) is 10.7. The Morgan fingerprint density at radius 2 is 1.52 bits per heavy atom. The van der Waals surface area contributed by atoms with Crippen LogP contribution in [0.2, 0.25) is 0 Å². The van der Waals surface area contributed by atoms with Crippen molar-refractivity contribution in [3.8, 4) is 0 Å². The molecule has 0 atom stereocenters. The quantitative estimate of drug-likeness (QED) is 0.646. The summed E-state index contributed by atoms with van der Waals surface area (Å²) in [6.45, 7) is 2.68. The van der Waals surface area contributed by atoms with Gasteiger partial charge in [-0.2, -0.15) is 0 Å². The molecule has 116 valence electrons. The van der Waals surface area contributed by atoms with Gasteiger partial charge in [-0.25, -0.2) is 0 Å². The van der Waals surface area contributed by atoms with Crippen LogP contribution >= 0.6 is 11.8 Å². The van der Waals surface area contributed by atoms with Crippen molar-refractivity contribution in [3.63, 3.8) is 0 Å². The Balaban J connectivity index is 1.76. The molecule has 0 amide bonds. The first-order chi connectivity index (χ1) is 11.2. The summed E-state index contributed by atoms with van der Waals surface area (Å²) in [4.78, 5) is 13.4. The van der Waals surface area contributed by atoms with Crippen molar-refractivity contribution in [2.75, 3.05) is 0 Å². The standard InChI is InChI=1S/C20H19NOS/c1-16-13-21(14-17-8-4-2-5-9-17)20(22)12-19(16)23-15-18-10-6-3-7-11-18/h2-13H,14-15H2,1H3. The van der Waals surface area contributed by atoms with E-state index in [0.717, 1.165) is 21.8 Å². The lowest BCUT2D eigenvalue weighted by Gasteiger charge is -2.11.